The highest BCUT2D eigenvalue weighted by molar-refractivity contribution is 5.91. The van der Waals surface area contributed by atoms with Gasteiger partial charge in [0.15, 0.2) is 0 Å². The Morgan fingerprint density at radius 1 is 0.920 bits per heavy atom. The summed E-state index contributed by atoms with van der Waals surface area (Å²) < 4.78 is 10.2. The zero-order valence-corrected chi connectivity index (χ0v) is 13.7. The van der Waals surface area contributed by atoms with Crippen LogP contribution < -0.4 is 10.1 Å². The van der Waals surface area contributed by atoms with E-state index in [-0.39, 0.29) is 0 Å². The maximum absolute atomic E-state index is 12.0. The first-order valence-electron chi connectivity index (χ1n) is 7.90. The quantitative estimate of drug-likeness (QED) is 0.706. The van der Waals surface area contributed by atoms with E-state index in [1.807, 2.05) is 30.3 Å². The summed E-state index contributed by atoms with van der Waals surface area (Å²) in [6.45, 7) is 2.06. The number of carbonyl (C=O) groups excluding carboxylic acids is 2. The number of carbonyl (C=O) groups is 2. The molecule has 0 aliphatic carbocycles. The molecule has 25 heavy (non-hydrogen) atoms. The van der Waals surface area contributed by atoms with Crippen LogP contribution >= 0.6 is 0 Å². The number of hydrogen-bond acceptors (Lipinski definition) is 4. The molecule has 126 valence electrons. The molecule has 3 aromatic carbocycles. The van der Waals surface area contributed by atoms with Crippen molar-refractivity contribution in [2.24, 2.45) is 0 Å². The van der Waals surface area contributed by atoms with Gasteiger partial charge >= 0.3 is 12.1 Å². The minimum atomic E-state index is -0.598. The highest BCUT2D eigenvalue weighted by Gasteiger charge is 2.08. The Morgan fingerprint density at radius 2 is 1.64 bits per heavy atom. The summed E-state index contributed by atoms with van der Waals surface area (Å²) in [5, 5.41) is 4.69. The monoisotopic (exact) mass is 335 g/mol. The van der Waals surface area contributed by atoms with E-state index in [4.69, 9.17) is 9.47 Å². The van der Waals surface area contributed by atoms with Gasteiger partial charge in [0.1, 0.15) is 5.75 Å². The molecule has 1 amide bonds. The molecular formula is C20H17NO4. The molecule has 0 aromatic heterocycles. The zero-order chi connectivity index (χ0) is 17.6. The average Bonchev–Trinajstić information content (AvgIpc) is 2.62. The summed E-state index contributed by atoms with van der Waals surface area (Å²) >= 11 is 0. The van der Waals surface area contributed by atoms with Crippen LogP contribution in [-0.4, -0.2) is 18.7 Å². The number of anilines is 1. The van der Waals surface area contributed by atoms with Crippen LogP contribution in [0.15, 0.2) is 66.7 Å². The summed E-state index contributed by atoms with van der Waals surface area (Å²) in [5.74, 6) is 0.0622. The third-order valence-corrected chi connectivity index (χ3v) is 3.57. The minimum absolute atomic E-state index is 0.316. The average molecular weight is 335 g/mol. The fraction of sp³-hybridized carbons (Fsp3) is 0.100. The molecular weight excluding hydrogens is 318 g/mol. The predicted octanol–water partition coefficient (Wildman–Crippen LogP) is 4.63. The van der Waals surface area contributed by atoms with Crippen molar-refractivity contribution in [3.63, 3.8) is 0 Å². The lowest BCUT2D eigenvalue weighted by molar-refractivity contribution is 0.0526. The Labute approximate surface area is 145 Å². The number of fused-ring (bicyclic) bond motifs is 1. The normalized spacial score (nSPS) is 10.3. The van der Waals surface area contributed by atoms with Crippen molar-refractivity contribution in [2.75, 3.05) is 11.9 Å². The van der Waals surface area contributed by atoms with Gasteiger partial charge in [0.2, 0.25) is 0 Å². The number of benzene rings is 3. The van der Waals surface area contributed by atoms with Crippen molar-refractivity contribution in [3.8, 4) is 5.75 Å². The van der Waals surface area contributed by atoms with Gasteiger partial charge in [-0.25, -0.2) is 9.59 Å². The number of ether oxygens (including phenoxy) is 2. The molecule has 5 heteroatoms. The van der Waals surface area contributed by atoms with Gasteiger partial charge in [-0.3, -0.25) is 5.32 Å². The maximum atomic E-state index is 12.0. The number of amides is 1. The third-order valence-electron chi connectivity index (χ3n) is 3.57. The van der Waals surface area contributed by atoms with E-state index < -0.39 is 12.1 Å². The van der Waals surface area contributed by atoms with E-state index in [0.29, 0.717) is 23.6 Å². The van der Waals surface area contributed by atoms with Crippen molar-refractivity contribution in [1.82, 2.24) is 0 Å². The number of nitrogens with one attached hydrogen (secondary N) is 1. The number of rotatable bonds is 4. The molecule has 0 spiro atoms. The van der Waals surface area contributed by atoms with Crippen LogP contribution in [-0.2, 0) is 4.74 Å². The molecule has 0 saturated carbocycles. The standard InChI is InChI=1S/C20H17NO4/c1-2-24-19(22)15-7-10-17(11-8-15)21-20(23)25-18-12-9-14-5-3-4-6-16(14)13-18/h3-13H,2H2,1H3,(H,21,23). The van der Waals surface area contributed by atoms with Crippen LogP contribution in [0.25, 0.3) is 10.8 Å². The molecule has 0 fully saturated rings. The van der Waals surface area contributed by atoms with Gasteiger partial charge < -0.3 is 9.47 Å². The lowest BCUT2D eigenvalue weighted by atomic mass is 10.1. The Bertz CT molecular complexity index is 903. The summed E-state index contributed by atoms with van der Waals surface area (Å²) in [7, 11) is 0. The van der Waals surface area contributed by atoms with Crippen molar-refractivity contribution in [3.05, 3.63) is 72.3 Å². The van der Waals surface area contributed by atoms with Crippen LogP contribution in [0.5, 0.6) is 5.75 Å². The second-order valence-corrected chi connectivity index (χ2v) is 5.32. The van der Waals surface area contributed by atoms with Crippen molar-refractivity contribution in [2.45, 2.75) is 6.92 Å². The second-order valence-electron chi connectivity index (χ2n) is 5.32. The van der Waals surface area contributed by atoms with Gasteiger partial charge in [0, 0.05) is 5.69 Å². The van der Waals surface area contributed by atoms with Crippen LogP contribution in [0.3, 0.4) is 0 Å². The summed E-state index contributed by atoms with van der Waals surface area (Å²) in [4.78, 5) is 23.6. The number of esters is 1. The van der Waals surface area contributed by atoms with Gasteiger partial charge in [-0.05, 0) is 54.1 Å². The van der Waals surface area contributed by atoms with Crippen molar-refractivity contribution in [1.29, 1.82) is 0 Å². The van der Waals surface area contributed by atoms with E-state index >= 15 is 0 Å². The fourth-order valence-electron chi connectivity index (χ4n) is 2.39. The Morgan fingerprint density at radius 3 is 2.36 bits per heavy atom. The summed E-state index contributed by atoms with van der Waals surface area (Å²) in [6.07, 6.45) is -0.598. The van der Waals surface area contributed by atoms with Gasteiger partial charge in [-0.2, -0.15) is 0 Å². The van der Waals surface area contributed by atoms with Crippen molar-refractivity contribution >= 4 is 28.5 Å². The first-order chi connectivity index (χ1) is 12.2. The van der Waals surface area contributed by atoms with E-state index in [2.05, 4.69) is 5.32 Å². The Hall–Kier alpha value is -3.34. The highest BCUT2D eigenvalue weighted by Crippen LogP contribution is 2.21. The largest absolute Gasteiger partial charge is 0.462 e. The molecule has 1 N–H and O–H groups in total. The topological polar surface area (TPSA) is 64.6 Å². The highest BCUT2D eigenvalue weighted by atomic mass is 16.6. The SMILES string of the molecule is CCOC(=O)c1ccc(NC(=O)Oc2ccc3ccccc3c2)cc1. The van der Waals surface area contributed by atoms with Gasteiger partial charge in [0.05, 0.1) is 12.2 Å². The van der Waals surface area contributed by atoms with Gasteiger partial charge in [0.25, 0.3) is 0 Å². The minimum Gasteiger partial charge on any atom is -0.462 e. The lowest BCUT2D eigenvalue weighted by Gasteiger charge is -2.08. The van der Waals surface area contributed by atoms with E-state index in [1.165, 1.54) is 0 Å². The predicted molar refractivity (Wildman–Crippen MR) is 96.0 cm³/mol. The molecule has 0 atom stereocenters. The Kier molecular flexibility index (Phi) is 4.95. The maximum Gasteiger partial charge on any atom is 0.417 e. The molecule has 0 saturated heterocycles. The molecule has 3 rings (SSSR count). The molecule has 5 nitrogen and oxygen atoms in total. The summed E-state index contributed by atoms with van der Waals surface area (Å²) in [6, 6.07) is 19.7. The third kappa shape index (κ3) is 4.14. The van der Waals surface area contributed by atoms with Crippen molar-refractivity contribution < 1.29 is 19.1 Å². The molecule has 0 unspecified atom stereocenters. The van der Waals surface area contributed by atoms with Gasteiger partial charge in [-0.1, -0.05) is 30.3 Å². The molecule has 0 aliphatic rings. The van der Waals surface area contributed by atoms with E-state index in [1.54, 1.807) is 43.3 Å². The van der Waals surface area contributed by atoms with E-state index in [9.17, 15) is 9.59 Å². The van der Waals surface area contributed by atoms with Crippen LogP contribution in [0.4, 0.5) is 10.5 Å². The molecule has 0 heterocycles. The van der Waals surface area contributed by atoms with Crippen LogP contribution in [0.2, 0.25) is 0 Å². The summed E-state index contributed by atoms with van der Waals surface area (Å²) in [5.41, 5.74) is 0.953. The number of hydrogen-bond donors (Lipinski definition) is 1. The molecule has 0 bridgehead atoms. The van der Waals surface area contributed by atoms with Crippen LogP contribution in [0, 0.1) is 0 Å². The first-order valence-corrected chi connectivity index (χ1v) is 7.90. The fourth-order valence-corrected chi connectivity index (χ4v) is 2.39. The van der Waals surface area contributed by atoms with E-state index in [0.717, 1.165) is 10.8 Å². The smallest absolute Gasteiger partial charge is 0.417 e. The molecule has 3 aromatic rings. The zero-order valence-electron chi connectivity index (χ0n) is 13.7. The first kappa shape index (κ1) is 16.5. The van der Waals surface area contributed by atoms with Gasteiger partial charge in [-0.15, -0.1) is 0 Å². The second kappa shape index (κ2) is 7.49. The Balaban J connectivity index is 1.64. The lowest BCUT2D eigenvalue weighted by Crippen LogP contribution is -2.16. The molecule has 0 radical (unpaired) electrons. The van der Waals surface area contributed by atoms with Crippen LogP contribution in [0.1, 0.15) is 17.3 Å². The molecule has 0 aliphatic heterocycles.